The van der Waals surface area contributed by atoms with E-state index in [9.17, 15) is 0 Å². The van der Waals surface area contributed by atoms with Crippen LogP contribution in [-0.4, -0.2) is 9.13 Å². The smallest absolute Gasteiger partial charge is 0.143 e. The van der Waals surface area contributed by atoms with E-state index in [1.807, 2.05) is 12.1 Å². The average Bonchev–Trinajstić information content (AvgIpc) is 3.83. The van der Waals surface area contributed by atoms with E-state index in [0.717, 1.165) is 44.4 Å². The zero-order chi connectivity index (χ0) is 32.1. The summed E-state index contributed by atoms with van der Waals surface area (Å²) >= 11 is 0. The molecule has 0 aliphatic rings. The maximum absolute atomic E-state index is 6.39. The number of para-hydroxylation sites is 4. The van der Waals surface area contributed by atoms with E-state index in [1.54, 1.807) is 0 Å². The number of furan rings is 1. The lowest BCUT2D eigenvalue weighted by Crippen LogP contribution is -1.95. The lowest BCUT2D eigenvalue weighted by Gasteiger charge is -2.11. The summed E-state index contributed by atoms with van der Waals surface area (Å²) in [6, 6.07) is 61.2. The first-order chi connectivity index (χ1) is 24.3. The maximum Gasteiger partial charge on any atom is 0.143 e. The van der Waals surface area contributed by atoms with Crippen molar-refractivity contribution in [3.05, 3.63) is 170 Å². The average molecular weight is 625 g/mol. The number of nitrogens with zero attached hydrogens (tertiary/aromatic N) is 2. The molecule has 0 aliphatic heterocycles. The highest BCUT2D eigenvalue weighted by Crippen LogP contribution is 2.44. The SMILES string of the molecule is c1ccc(-n2c3c4ccccc4ccc3c3ccc4c(c5ccccc5n4-c4ccc(-c5cccc6c5oc5ccccc56)cc4)c32)cc1. The fourth-order valence-electron chi connectivity index (χ4n) is 8.19. The van der Waals surface area contributed by atoms with Gasteiger partial charge in [-0.2, -0.15) is 0 Å². The second-order valence-corrected chi connectivity index (χ2v) is 12.9. The monoisotopic (exact) mass is 624 g/mol. The Morgan fingerprint density at radius 3 is 1.92 bits per heavy atom. The van der Waals surface area contributed by atoms with Gasteiger partial charge in [-0.1, -0.05) is 127 Å². The number of fused-ring (bicyclic) bond motifs is 12. The predicted octanol–water partition coefficient (Wildman–Crippen LogP) is 12.6. The van der Waals surface area contributed by atoms with Gasteiger partial charge in [0.05, 0.1) is 22.1 Å². The van der Waals surface area contributed by atoms with E-state index in [-0.39, 0.29) is 0 Å². The van der Waals surface area contributed by atoms with Crippen molar-refractivity contribution in [2.45, 2.75) is 0 Å². The van der Waals surface area contributed by atoms with E-state index >= 15 is 0 Å². The van der Waals surface area contributed by atoms with Gasteiger partial charge in [-0.15, -0.1) is 0 Å². The van der Waals surface area contributed by atoms with Crippen molar-refractivity contribution >= 4 is 76.3 Å². The van der Waals surface area contributed by atoms with Gasteiger partial charge in [0.25, 0.3) is 0 Å². The van der Waals surface area contributed by atoms with E-state index in [4.69, 9.17) is 4.42 Å². The summed E-state index contributed by atoms with van der Waals surface area (Å²) in [5.41, 5.74) is 11.2. The standard InChI is InChI=1S/C46H28N2O/c1-2-12-31(13-3-1)48-44-33-14-5-4-11-29(33)23-26-36(44)37-27-28-41-43(45(37)48)39-16-6-8-19-40(39)47(41)32-24-21-30(22-25-32)34-17-10-18-38-35-15-7-9-20-42(35)49-46(34)38/h1-28H. The highest BCUT2D eigenvalue weighted by atomic mass is 16.3. The molecule has 0 radical (unpaired) electrons. The lowest BCUT2D eigenvalue weighted by atomic mass is 10.0. The minimum Gasteiger partial charge on any atom is -0.455 e. The lowest BCUT2D eigenvalue weighted by molar-refractivity contribution is 0.670. The van der Waals surface area contributed by atoms with Crippen LogP contribution in [0.15, 0.2) is 174 Å². The molecule has 3 nitrogen and oxygen atoms in total. The van der Waals surface area contributed by atoms with Crippen molar-refractivity contribution in [1.29, 1.82) is 0 Å². The number of hydrogen-bond acceptors (Lipinski definition) is 1. The molecule has 0 bridgehead atoms. The highest BCUT2D eigenvalue weighted by Gasteiger charge is 2.22. The molecule has 11 aromatic rings. The van der Waals surface area contributed by atoms with Gasteiger partial charge >= 0.3 is 0 Å². The van der Waals surface area contributed by atoms with Crippen molar-refractivity contribution < 1.29 is 4.42 Å². The fourth-order valence-corrected chi connectivity index (χ4v) is 8.19. The van der Waals surface area contributed by atoms with Crippen LogP contribution in [-0.2, 0) is 0 Å². The molecule has 11 rings (SSSR count). The normalized spacial score (nSPS) is 12.1. The van der Waals surface area contributed by atoms with E-state index < -0.39 is 0 Å². The van der Waals surface area contributed by atoms with Gasteiger partial charge in [-0.05, 0) is 53.4 Å². The van der Waals surface area contributed by atoms with Crippen LogP contribution in [0.3, 0.4) is 0 Å². The Bertz CT molecular complexity index is 3090. The molecule has 3 heteroatoms. The van der Waals surface area contributed by atoms with E-state index in [1.165, 1.54) is 54.4 Å². The van der Waals surface area contributed by atoms with Gasteiger partial charge in [-0.25, -0.2) is 0 Å². The number of rotatable bonds is 3. The Hall–Kier alpha value is -6.58. The van der Waals surface area contributed by atoms with Crippen LogP contribution in [0.5, 0.6) is 0 Å². The molecule has 49 heavy (non-hydrogen) atoms. The third-order valence-electron chi connectivity index (χ3n) is 10.3. The summed E-state index contributed by atoms with van der Waals surface area (Å²) in [6.45, 7) is 0. The second-order valence-electron chi connectivity index (χ2n) is 12.9. The van der Waals surface area contributed by atoms with Crippen LogP contribution in [0.2, 0.25) is 0 Å². The Morgan fingerprint density at radius 2 is 1.04 bits per heavy atom. The maximum atomic E-state index is 6.39. The molecule has 0 saturated carbocycles. The summed E-state index contributed by atoms with van der Waals surface area (Å²) in [6.07, 6.45) is 0. The van der Waals surface area contributed by atoms with Crippen LogP contribution in [0.4, 0.5) is 0 Å². The molecule has 0 N–H and O–H groups in total. The molecular weight excluding hydrogens is 597 g/mol. The van der Waals surface area contributed by atoms with Crippen molar-refractivity contribution in [2.24, 2.45) is 0 Å². The minimum atomic E-state index is 0.916. The number of benzene rings is 8. The van der Waals surface area contributed by atoms with Crippen LogP contribution >= 0.6 is 0 Å². The summed E-state index contributed by atoms with van der Waals surface area (Å²) in [5.74, 6) is 0. The number of aromatic nitrogens is 2. The quantitative estimate of drug-likeness (QED) is 0.192. The van der Waals surface area contributed by atoms with Gasteiger partial charge < -0.3 is 13.6 Å². The molecule has 0 saturated heterocycles. The Balaban J connectivity index is 1.19. The van der Waals surface area contributed by atoms with Crippen molar-refractivity contribution in [3.63, 3.8) is 0 Å². The first-order valence-electron chi connectivity index (χ1n) is 16.8. The Kier molecular flexibility index (Phi) is 5.38. The van der Waals surface area contributed by atoms with Crippen LogP contribution < -0.4 is 0 Å². The molecule has 8 aromatic carbocycles. The molecule has 0 amide bonds. The zero-order valence-electron chi connectivity index (χ0n) is 26.5. The molecule has 3 heterocycles. The third kappa shape index (κ3) is 3.67. The minimum absolute atomic E-state index is 0.916. The largest absolute Gasteiger partial charge is 0.455 e. The number of hydrogen-bond donors (Lipinski definition) is 0. The summed E-state index contributed by atoms with van der Waals surface area (Å²) in [7, 11) is 0. The summed E-state index contributed by atoms with van der Waals surface area (Å²) in [5, 5.41) is 9.81. The molecule has 0 unspecified atom stereocenters. The van der Waals surface area contributed by atoms with Crippen molar-refractivity contribution in [2.75, 3.05) is 0 Å². The van der Waals surface area contributed by atoms with Gasteiger partial charge in [0.1, 0.15) is 11.2 Å². The van der Waals surface area contributed by atoms with Crippen LogP contribution in [0.25, 0.3) is 98.8 Å². The van der Waals surface area contributed by atoms with Gasteiger partial charge in [0, 0.05) is 54.6 Å². The molecule has 0 spiro atoms. The first kappa shape index (κ1) is 26.5. The molecule has 228 valence electrons. The van der Waals surface area contributed by atoms with Crippen molar-refractivity contribution in [1.82, 2.24) is 9.13 Å². The molecular formula is C46H28N2O. The van der Waals surface area contributed by atoms with E-state index in [2.05, 4.69) is 167 Å². The first-order valence-corrected chi connectivity index (χ1v) is 16.8. The van der Waals surface area contributed by atoms with Crippen molar-refractivity contribution in [3.8, 4) is 22.5 Å². The molecule has 0 aliphatic carbocycles. The topological polar surface area (TPSA) is 23.0 Å². The van der Waals surface area contributed by atoms with Crippen LogP contribution in [0.1, 0.15) is 0 Å². The van der Waals surface area contributed by atoms with E-state index in [0.29, 0.717) is 0 Å². The predicted molar refractivity (Wildman–Crippen MR) is 205 cm³/mol. The van der Waals surface area contributed by atoms with Gasteiger partial charge in [0.15, 0.2) is 0 Å². The second kappa shape index (κ2) is 9.96. The van der Waals surface area contributed by atoms with Gasteiger partial charge in [0.2, 0.25) is 0 Å². The van der Waals surface area contributed by atoms with Gasteiger partial charge in [-0.3, -0.25) is 0 Å². The molecule has 0 fully saturated rings. The Labute approximate surface area is 281 Å². The zero-order valence-corrected chi connectivity index (χ0v) is 26.5. The summed E-state index contributed by atoms with van der Waals surface area (Å²) < 4.78 is 11.3. The molecule has 0 atom stereocenters. The third-order valence-corrected chi connectivity index (χ3v) is 10.3. The Morgan fingerprint density at radius 1 is 0.367 bits per heavy atom. The molecule has 3 aromatic heterocycles. The summed E-state index contributed by atoms with van der Waals surface area (Å²) in [4.78, 5) is 0. The van der Waals surface area contributed by atoms with Crippen LogP contribution in [0, 0.1) is 0 Å². The fraction of sp³-hybridized carbons (Fsp3) is 0. The highest BCUT2D eigenvalue weighted by molar-refractivity contribution is 6.28.